The van der Waals surface area contributed by atoms with Gasteiger partial charge in [-0.15, -0.1) is 11.3 Å². The molecular formula is C15H10ClNO2S. The van der Waals surface area contributed by atoms with Gasteiger partial charge in [-0.1, -0.05) is 35.9 Å². The lowest BCUT2D eigenvalue weighted by Crippen LogP contribution is -2.06. The number of hydrogen-bond donors (Lipinski definition) is 0. The first-order chi connectivity index (χ1) is 9.74. The second kappa shape index (κ2) is 5.61. The number of ether oxygens (including phenoxy) is 1. The first-order valence-corrected chi connectivity index (χ1v) is 7.24. The molecule has 0 spiro atoms. The lowest BCUT2D eigenvalue weighted by atomic mass is 10.1. The third-order valence-electron chi connectivity index (χ3n) is 2.83. The van der Waals surface area contributed by atoms with Gasteiger partial charge in [0.15, 0.2) is 0 Å². The van der Waals surface area contributed by atoms with Crippen LogP contribution in [0.1, 0.15) is 15.2 Å². The molecule has 0 fully saturated rings. The second-order valence-electron chi connectivity index (χ2n) is 4.17. The van der Waals surface area contributed by atoms with Crippen molar-refractivity contribution in [3.05, 3.63) is 63.4 Å². The zero-order chi connectivity index (χ0) is 13.9. The smallest absolute Gasteiger partial charge is 0.339 e. The van der Waals surface area contributed by atoms with E-state index in [-0.39, 0.29) is 17.7 Å². The van der Waals surface area contributed by atoms with E-state index < -0.39 is 0 Å². The molecular weight excluding hydrogens is 294 g/mol. The summed E-state index contributed by atoms with van der Waals surface area (Å²) < 4.78 is 5.32. The highest BCUT2D eigenvalue weighted by Crippen LogP contribution is 2.22. The van der Waals surface area contributed by atoms with Crippen molar-refractivity contribution < 1.29 is 9.53 Å². The predicted octanol–water partition coefficient (Wildman–Crippen LogP) is 4.31. The van der Waals surface area contributed by atoms with Crippen LogP contribution in [-0.2, 0) is 11.3 Å². The fourth-order valence-electron chi connectivity index (χ4n) is 1.92. The molecule has 0 saturated heterocycles. The fourth-order valence-corrected chi connectivity index (χ4v) is 2.74. The van der Waals surface area contributed by atoms with E-state index >= 15 is 0 Å². The van der Waals surface area contributed by atoms with Crippen molar-refractivity contribution in [2.45, 2.75) is 6.61 Å². The summed E-state index contributed by atoms with van der Waals surface area (Å²) in [5.41, 5.74) is 1.13. The first-order valence-electron chi connectivity index (χ1n) is 5.99. The number of hydrogen-bond acceptors (Lipinski definition) is 4. The molecule has 0 radical (unpaired) electrons. The van der Waals surface area contributed by atoms with Crippen molar-refractivity contribution in [3.63, 3.8) is 0 Å². The minimum absolute atomic E-state index is 0.269. The van der Waals surface area contributed by atoms with Crippen LogP contribution in [0.25, 0.3) is 10.9 Å². The zero-order valence-electron chi connectivity index (χ0n) is 10.4. The van der Waals surface area contributed by atoms with Crippen LogP contribution in [0.15, 0.2) is 47.8 Å². The number of nitrogens with zero attached hydrogens (tertiary/aromatic N) is 1. The monoisotopic (exact) mass is 303 g/mol. The minimum atomic E-state index is -0.390. The van der Waals surface area contributed by atoms with Crippen molar-refractivity contribution in [1.82, 2.24) is 4.98 Å². The van der Waals surface area contributed by atoms with Gasteiger partial charge in [-0.3, -0.25) is 0 Å². The highest BCUT2D eigenvalue weighted by molar-refractivity contribution is 7.09. The van der Waals surface area contributed by atoms with Gasteiger partial charge in [0.1, 0.15) is 11.8 Å². The van der Waals surface area contributed by atoms with Crippen molar-refractivity contribution >= 4 is 39.8 Å². The number of pyridine rings is 1. The molecule has 0 N–H and O–H groups in total. The quantitative estimate of drug-likeness (QED) is 0.535. The van der Waals surface area contributed by atoms with Crippen molar-refractivity contribution in [1.29, 1.82) is 0 Å². The van der Waals surface area contributed by atoms with Crippen LogP contribution in [-0.4, -0.2) is 11.0 Å². The average Bonchev–Trinajstić information content (AvgIpc) is 2.97. The molecule has 0 aliphatic carbocycles. The normalized spacial score (nSPS) is 10.7. The van der Waals surface area contributed by atoms with E-state index in [1.165, 1.54) is 0 Å². The van der Waals surface area contributed by atoms with Gasteiger partial charge >= 0.3 is 5.97 Å². The van der Waals surface area contributed by atoms with Gasteiger partial charge in [-0.05, 0) is 23.6 Å². The maximum Gasteiger partial charge on any atom is 0.339 e. The molecule has 0 aliphatic rings. The Morgan fingerprint density at radius 3 is 2.90 bits per heavy atom. The average molecular weight is 304 g/mol. The number of para-hydroxylation sites is 1. The Kier molecular flexibility index (Phi) is 3.67. The van der Waals surface area contributed by atoms with Crippen LogP contribution in [0, 0.1) is 0 Å². The summed E-state index contributed by atoms with van der Waals surface area (Å²) in [6, 6.07) is 12.8. The molecule has 0 unspecified atom stereocenters. The van der Waals surface area contributed by atoms with Gasteiger partial charge in [0.05, 0.1) is 11.1 Å². The Morgan fingerprint density at radius 2 is 2.10 bits per heavy atom. The maximum atomic E-state index is 12.2. The number of thiophene rings is 1. The summed E-state index contributed by atoms with van der Waals surface area (Å²) in [4.78, 5) is 17.4. The molecule has 20 heavy (non-hydrogen) atoms. The summed E-state index contributed by atoms with van der Waals surface area (Å²) in [7, 11) is 0. The highest BCUT2D eigenvalue weighted by atomic mass is 35.5. The Hall–Kier alpha value is -1.91. The molecule has 0 amide bonds. The number of esters is 1. The molecule has 3 nitrogen and oxygen atoms in total. The molecule has 1 aromatic carbocycles. The van der Waals surface area contributed by atoms with Gasteiger partial charge in [0, 0.05) is 10.3 Å². The number of benzene rings is 1. The summed E-state index contributed by atoms with van der Waals surface area (Å²) in [6.45, 7) is 0.269. The summed E-state index contributed by atoms with van der Waals surface area (Å²) >= 11 is 7.50. The van der Waals surface area contributed by atoms with Gasteiger partial charge < -0.3 is 4.74 Å². The van der Waals surface area contributed by atoms with Crippen LogP contribution < -0.4 is 0 Å². The summed E-state index contributed by atoms with van der Waals surface area (Å²) in [5, 5.41) is 2.97. The third kappa shape index (κ3) is 2.66. The minimum Gasteiger partial charge on any atom is -0.456 e. The topological polar surface area (TPSA) is 39.2 Å². The highest BCUT2D eigenvalue weighted by Gasteiger charge is 2.14. The molecule has 2 heterocycles. The number of aromatic nitrogens is 1. The van der Waals surface area contributed by atoms with Gasteiger partial charge in [-0.25, -0.2) is 9.78 Å². The van der Waals surface area contributed by atoms with Gasteiger partial charge in [0.2, 0.25) is 0 Å². The number of rotatable bonds is 3. The summed E-state index contributed by atoms with van der Waals surface area (Å²) in [5.74, 6) is -0.390. The van der Waals surface area contributed by atoms with Crippen LogP contribution in [0.4, 0.5) is 0 Å². The third-order valence-corrected chi connectivity index (χ3v) is 3.87. The Bertz CT molecular complexity index is 756. The second-order valence-corrected chi connectivity index (χ2v) is 5.58. The molecule has 0 bridgehead atoms. The van der Waals surface area contributed by atoms with Crippen molar-refractivity contribution in [2.24, 2.45) is 0 Å². The SMILES string of the molecule is O=C(OCc1cccs1)c1cc(Cl)nc2ccccc12. The number of halogens is 1. The molecule has 3 rings (SSSR count). The van der Waals surface area contributed by atoms with Crippen LogP contribution in [0.3, 0.4) is 0 Å². The van der Waals surface area contributed by atoms with E-state index in [0.29, 0.717) is 11.1 Å². The Balaban J connectivity index is 1.90. The van der Waals surface area contributed by atoms with E-state index in [4.69, 9.17) is 16.3 Å². The van der Waals surface area contributed by atoms with Crippen molar-refractivity contribution in [2.75, 3.05) is 0 Å². The van der Waals surface area contributed by atoms with E-state index in [0.717, 1.165) is 10.3 Å². The molecule has 2 aromatic heterocycles. The van der Waals surface area contributed by atoms with Gasteiger partial charge in [-0.2, -0.15) is 0 Å². The molecule has 0 atom stereocenters. The van der Waals surface area contributed by atoms with E-state index in [2.05, 4.69) is 4.98 Å². The van der Waals surface area contributed by atoms with Gasteiger partial charge in [0.25, 0.3) is 0 Å². The Morgan fingerprint density at radius 1 is 1.25 bits per heavy atom. The van der Waals surface area contributed by atoms with Crippen molar-refractivity contribution in [3.8, 4) is 0 Å². The standard InChI is InChI=1S/C15H10ClNO2S/c16-14-8-12(11-5-1-2-6-13(11)17-14)15(18)19-9-10-4-3-7-20-10/h1-8H,9H2. The van der Waals surface area contributed by atoms with E-state index in [1.54, 1.807) is 17.4 Å². The number of carbonyl (C=O) groups is 1. The molecule has 5 heteroatoms. The molecule has 0 saturated carbocycles. The lowest BCUT2D eigenvalue weighted by molar-refractivity contribution is 0.0479. The number of fused-ring (bicyclic) bond motifs is 1. The fraction of sp³-hybridized carbons (Fsp3) is 0.0667. The van der Waals surface area contributed by atoms with Crippen LogP contribution in [0.5, 0.6) is 0 Å². The maximum absolute atomic E-state index is 12.2. The molecule has 0 aliphatic heterocycles. The lowest BCUT2D eigenvalue weighted by Gasteiger charge is -2.07. The molecule has 100 valence electrons. The van der Waals surface area contributed by atoms with E-state index in [9.17, 15) is 4.79 Å². The largest absolute Gasteiger partial charge is 0.456 e. The Labute approximate surface area is 124 Å². The molecule has 3 aromatic rings. The van der Waals surface area contributed by atoms with E-state index in [1.807, 2.05) is 41.8 Å². The first kappa shape index (κ1) is 13.1. The summed E-state index contributed by atoms with van der Waals surface area (Å²) in [6.07, 6.45) is 0. The van der Waals surface area contributed by atoms with Crippen LogP contribution in [0.2, 0.25) is 5.15 Å². The number of carbonyl (C=O) groups excluding carboxylic acids is 1. The zero-order valence-corrected chi connectivity index (χ0v) is 11.9. The predicted molar refractivity (Wildman–Crippen MR) is 80.2 cm³/mol. The van der Waals surface area contributed by atoms with Crippen LogP contribution >= 0.6 is 22.9 Å².